The van der Waals surface area contributed by atoms with Gasteiger partial charge in [-0.05, 0) is 51.0 Å². The fourth-order valence-corrected chi connectivity index (χ4v) is 5.19. The minimum atomic E-state index is -0.804. The summed E-state index contributed by atoms with van der Waals surface area (Å²) in [5.41, 5.74) is 0. The fourth-order valence-electron chi connectivity index (χ4n) is 5.19. The maximum Gasteiger partial charge on any atom is 0.317 e. The van der Waals surface area contributed by atoms with Crippen molar-refractivity contribution in [3.05, 3.63) is 0 Å². The van der Waals surface area contributed by atoms with Crippen molar-refractivity contribution in [2.45, 2.75) is 70.9 Å². The zero-order chi connectivity index (χ0) is 20.3. The Morgan fingerprint density at radius 2 is 1.75 bits per heavy atom. The van der Waals surface area contributed by atoms with E-state index in [4.69, 9.17) is 5.11 Å². The molecule has 2 aliphatic heterocycles. The van der Waals surface area contributed by atoms with Crippen molar-refractivity contribution in [1.82, 2.24) is 14.7 Å². The average Bonchev–Trinajstić information content (AvgIpc) is 3.08. The number of carboxylic acids is 1. The normalized spacial score (nSPS) is 29.5. The number of carboxylic acid groups (broad SMARTS) is 1. The van der Waals surface area contributed by atoms with Gasteiger partial charge in [0.2, 0.25) is 11.8 Å². The smallest absolute Gasteiger partial charge is 0.317 e. The number of carbonyl (C=O) groups excluding carboxylic acids is 2. The Morgan fingerprint density at radius 1 is 1.11 bits per heavy atom. The third-order valence-electron chi connectivity index (χ3n) is 6.97. The number of amides is 2. The van der Waals surface area contributed by atoms with E-state index in [1.54, 1.807) is 0 Å². The molecule has 0 spiro atoms. The Labute approximate surface area is 168 Å². The van der Waals surface area contributed by atoms with Crippen LogP contribution in [0.2, 0.25) is 0 Å². The number of rotatable bonds is 6. The van der Waals surface area contributed by atoms with Crippen molar-refractivity contribution < 1.29 is 19.5 Å². The van der Waals surface area contributed by atoms with Crippen LogP contribution < -0.4 is 0 Å². The Bertz CT molecular complexity index is 580. The number of aliphatic carboxylic acids is 1. The lowest BCUT2D eigenvalue weighted by atomic mass is 9.86. The summed E-state index contributed by atoms with van der Waals surface area (Å²) < 4.78 is 0. The van der Waals surface area contributed by atoms with Crippen LogP contribution in [0.5, 0.6) is 0 Å². The minimum Gasteiger partial charge on any atom is -0.480 e. The molecule has 0 unspecified atom stereocenters. The van der Waals surface area contributed by atoms with Gasteiger partial charge in [-0.15, -0.1) is 0 Å². The van der Waals surface area contributed by atoms with E-state index in [1.807, 2.05) is 21.6 Å². The first-order chi connectivity index (χ1) is 13.4. The monoisotopic (exact) mass is 393 g/mol. The number of piperidine rings is 1. The molecule has 1 aliphatic carbocycles. The van der Waals surface area contributed by atoms with Crippen LogP contribution in [0.15, 0.2) is 0 Å². The van der Waals surface area contributed by atoms with Crippen LogP contribution in [0.3, 0.4) is 0 Å². The van der Waals surface area contributed by atoms with Gasteiger partial charge in [0, 0.05) is 38.1 Å². The van der Waals surface area contributed by atoms with Gasteiger partial charge in [0.05, 0.1) is 12.5 Å². The molecule has 3 fully saturated rings. The van der Waals surface area contributed by atoms with E-state index in [1.165, 1.54) is 12.8 Å². The van der Waals surface area contributed by atoms with E-state index in [9.17, 15) is 14.4 Å². The Hall–Kier alpha value is -1.63. The highest BCUT2D eigenvalue weighted by atomic mass is 16.4. The van der Waals surface area contributed by atoms with E-state index < -0.39 is 5.97 Å². The zero-order valence-corrected chi connectivity index (χ0v) is 17.3. The quantitative estimate of drug-likeness (QED) is 0.744. The second-order valence-electron chi connectivity index (χ2n) is 8.87. The molecule has 2 saturated heterocycles. The Morgan fingerprint density at radius 3 is 2.32 bits per heavy atom. The van der Waals surface area contributed by atoms with Crippen LogP contribution in [0.25, 0.3) is 0 Å². The molecule has 2 amide bonds. The third-order valence-corrected chi connectivity index (χ3v) is 6.97. The molecular weight excluding hydrogens is 358 g/mol. The first-order valence-electron chi connectivity index (χ1n) is 10.9. The molecule has 28 heavy (non-hydrogen) atoms. The average molecular weight is 394 g/mol. The lowest BCUT2D eigenvalue weighted by molar-refractivity contribution is -0.141. The topological polar surface area (TPSA) is 81.2 Å². The lowest BCUT2D eigenvalue weighted by Gasteiger charge is -2.38. The van der Waals surface area contributed by atoms with Crippen LogP contribution >= 0.6 is 0 Å². The second-order valence-corrected chi connectivity index (χ2v) is 8.87. The Balaban J connectivity index is 1.50. The highest BCUT2D eigenvalue weighted by molar-refractivity contribution is 5.89. The van der Waals surface area contributed by atoms with Gasteiger partial charge >= 0.3 is 5.97 Å². The highest BCUT2D eigenvalue weighted by Crippen LogP contribution is 2.32. The number of likely N-dealkylation sites (N-methyl/N-ethyl adjacent to an activating group) is 1. The van der Waals surface area contributed by atoms with Gasteiger partial charge in [-0.3, -0.25) is 19.3 Å². The molecule has 1 N–H and O–H groups in total. The van der Waals surface area contributed by atoms with Gasteiger partial charge in [0.1, 0.15) is 0 Å². The van der Waals surface area contributed by atoms with Gasteiger partial charge < -0.3 is 14.9 Å². The number of hydrogen-bond acceptors (Lipinski definition) is 4. The van der Waals surface area contributed by atoms with E-state index in [-0.39, 0.29) is 30.3 Å². The molecule has 0 aromatic rings. The van der Waals surface area contributed by atoms with Crippen molar-refractivity contribution >= 4 is 17.8 Å². The Kier molecular flexibility index (Phi) is 6.96. The molecule has 7 heteroatoms. The molecule has 1 atom stereocenters. The molecule has 0 radical (unpaired) electrons. The van der Waals surface area contributed by atoms with E-state index >= 15 is 0 Å². The third kappa shape index (κ3) is 4.85. The van der Waals surface area contributed by atoms with Crippen LogP contribution in [-0.4, -0.2) is 82.4 Å². The molecule has 3 aliphatic rings. The molecule has 2 heterocycles. The highest BCUT2D eigenvalue weighted by Gasteiger charge is 2.41. The van der Waals surface area contributed by atoms with Crippen molar-refractivity contribution in [1.29, 1.82) is 0 Å². The number of hydrogen-bond donors (Lipinski definition) is 1. The van der Waals surface area contributed by atoms with E-state index in [0.717, 1.165) is 31.6 Å². The van der Waals surface area contributed by atoms with Gasteiger partial charge in [0.25, 0.3) is 0 Å². The van der Waals surface area contributed by atoms with Crippen molar-refractivity contribution in [2.24, 2.45) is 11.8 Å². The van der Waals surface area contributed by atoms with Gasteiger partial charge in [-0.2, -0.15) is 0 Å². The van der Waals surface area contributed by atoms with Crippen molar-refractivity contribution in [3.8, 4) is 0 Å². The standard InChI is InChI=1S/C21H35N3O4/c1-3-22(14-20(26)27)17-8-10-23(11-9-17)21(28)16-12-19(25)24(13-16)18-6-4-15(2)5-7-18/h15-18H,3-14H2,1-2H3,(H,26,27)/t15?,16-,18?/m0/s1. The van der Waals surface area contributed by atoms with Gasteiger partial charge in [-0.25, -0.2) is 0 Å². The molecule has 158 valence electrons. The summed E-state index contributed by atoms with van der Waals surface area (Å²) in [7, 11) is 0. The van der Waals surface area contributed by atoms with Gasteiger partial charge in [0.15, 0.2) is 0 Å². The molecule has 3 rings (SSSR count). The summed E-state index contributed by atoms with van der Waals surface area (Å²) in [5, 5.41) is 9.06. The lowest BCUT2D eigenvalue weighted by Crippen LogP contribution is -2.49. The first kappa shape index (κ1) is 21.1. The van der Waals surface area contributed by atoms with Gasteiger partial charge in [-0.1, -0.05) is 13.8 Å². The summed E-state index contributed by atoms with van der Waals surface area (Å²) >= 11 is 0. The molecular formula is C21H35N3O4. The van der Waals surface area contributed by atoms with Crippen molar-refractivity contribution in [3.63, 3.8) is 0 Å². The minimum absolute atomic E-state index is 0.0568. The van der Waals surface area contributed by atoms with Crippen LogP contribution in [-0.2, 0) is 14.4 Å². The molecule has 0 aromatic carbocycles. The van der Waals surface area contributed by atoms with Crippen LogP contribution in [0, 0.1) is 11.8 Å². The predicted molar refractivity (Wildman–Crippen MR) is 106 cm³/mol. The summed E-state index contributed by atoms with van der Waals surface area (Å²) in [6, 6.07) is 0.539. The van der Waals surface area contributed by atoms with E-state index in [2.05, 4.69) is 6.92 Å². The number of likely N-dealkylation sites (tertiary alicyclic amines) is 2. The SMILES string of the molecule is CCN(CC(=O)O)C1CCN(C(=O)[C@H]2CC(=O)N(C3CCC(C)CC3)C2)CC1. The van der Waals surface area contributed by atoms with Crippen LogP contribution in [0.4, 0.5) is 0 Å². The predicted octanol–water partition coefficient (Wildman–Crippen LogP) is 1.81. The molecule has 1 saturated carbocycles. The van der Waals surface area contributed by atoms with E-state index in [0.29, 0.717) is 38.6 Å². The molecule has 0 bridgehead atoms. The number of carbonyl (C=O) groups is 3. The number of nitrogens with zero attached hydrogens (tertiary/aromatic N) is 3. The molecule has 7 nitrogen and oxygen atoms in total. The largest absolute Gasteiger partial charge is 0.480 e. The fraction of sp³-hybridized carbons (Fsp3) is 0.857. The van der Waals surface area contributed by atoms with Crippen molar-refractivity contribution in [2.75, 3.05) is 32.7 Å². The molecule has 0 aromatic heterocycles. The van der Waals surface area contributed by atoms with Crippen LogP contribution in [0.1, 0.15) is 58.8 Å². The summed E-state index contributed by atoms with van der Waals surface area (Å²) in [6.45, 7) is 6.91. The maximum atomic E-state index is 13.0. The first-order valence-corrected chi connectivity index (χ1v) is 10.9. The zero-order valence-electron chi connectivity index (χ0n) is 17.3. The summed E-state index contributed by atoms with van der Waals surface area (Å²) in [6.07, 6.45) is 6.43. The summed E-state index contributed by atoms with van der Waals surface area (Å²) in [5.74, 6) is -0.00520. The second kappa shape index (κ2) is 9.25. The summed E-state index contributed by atoms with van der Waals surface area (Å²) in [4.78, 5) is 42.4. The maximum absolute atomic E-state index is 13.0.